The number of amides is 1. The van der Waals surface area contributed by atoms with Crippen LogP contribution in [0.5, 0.6) is 0 Å². The lowest BCUT2D eigenvalue weighted by molar-refractivity contribution is 0.0977. The molecular formula is C30H38ClN9O4S. The summed E-state index contributed by atoms with van der Waals surface area (Å²) in [4.78, 5) is 39.8. The molecule has 13 nitrogen and oxygen atoms in total. The van der Waals surface area contributed by atoms with Gasteiger partial charge in [0.1, 0.15) is 5.15 Å². The topological polar surface area (TPSA) is 147 Å². The molecule has 0 bridgehead atoms. The van der Waals surface area contributed by atoms with E-state index in [-0.39, 0.29) is 22.1 Å². The first kappa shape index (κ1) is 32.2. The fraction of sp³-hybridized carbons (Fsp3) is 0.433. The number of nitrogens with zero attached hydrogens (tertiary/aromatic N) is 7. The number of halogens is 1. The summed E-state index contributed by atoms with van der Waals surface area (Å²) in [5.74, 6) is -0.0368. The van der Waals surface area contributed by atoms with Gasteiger partial charge in [0.25, 0.3) is 11.5 Å². The second-order valence-corrected chi connectivity index (χ2v) is 14.0. The number of hydrogen-bond acceptors (Lipinski definition) is 10. The van der Waals surface area contributed by atoms with E-state index in [1.54, 1.807) is 17.7 Å². The van der Waals surface area contributed by atoms with Gasteiger partial charge >= 0.3 is 0 Å². The van der Waals surface area contributed by atoms with Crippen molar-refractivity contribution in [1.29, 1.82) is 0 Å². The minimum absolute atomic E-state index is 0.0346. The van der Waals surface area contributed by atoms with E-state index in [9.17, 15) is 18.0 Å². The van der Waals surface area contributed by atoms with E-state index in [4.69, 9.17) is 21.7 Å². The monoisotopic (exact) mass is 655 g/mol. The predicted octanol–water partition coefficient (Wildman–Crippen LogP) is 3.34. The summed E-state index contributed by atoms with van der Waals surface area (Å²) < 4.78 is 28.9. The number of anilines is 3. The number of sulfonamides is 1. The Bertz CT molecular complexity index is 1950. The SMILES string of the molecule is Cc1cc([C@@H](C)Nc2ccc(Cl)nc2C(=O)NS(C)(=O)=O)c2nc(N3CCC(c4nn(C)cc4N(C)C)CC3)n(C)c(=O)c2c1. The van der Waals surface area contributed by atoms with Crippen LogP contribution >= 0.6 is 11.6 Å². The molecule has 4 heterocycles. The molecule has 1 saturated heterocycles. The van der Waals surface area contributed by atoms with E-state index in [0.29, 0.717) is 35.9 Å². The predicted molar refractivity (Wildman–Crippen MR) is 177 cm³/mol. The van der Waals surface area contributed by atoms with E-state index in [2.05, 4.69) is 20.1 Å². The number of carbonyl (C=O) groups excluding carboxylic acids is 1. The average Bonchev–Trinajstić information content (AvgIpc) is 3.37. The number of aromatic nitrogens is 5. The Morgan fingerprint density at radius 3 is 2.47 bits per heavy atom. The third-order valence-corrected chi connectivity index (χ3v) is 8.77. The Morgan fingerprint density at radius 2 is 1.82 bits per heavy atom. The average molecular weight is 656 g/mol. The van der Waals surface area contributed by atoms with E-state index < -0.39 is 22.0 Å². The van der Waals surface area contributed by atoms with Crippen molar-refractivity contribution in [2.24, 2.45) is 14.1 Å². The van der Waals surface area contributed by atoms with Gasteiger partial charge in [-0.15, -0.1) is 0 Å². The van der Waals surface area contributed by atoms with Crippen molar-refractivity contribution in [3.05, 3.63) is 68.5 Å². The molecule has 5 rings (SSSR count). The zero-order chi connectivity index (χ0) is 32.8. The zero-order valence-electron chi connectivity index (χ0n) is 26.4. The molecule has 0 radical (unpaired) electrons. The minimum atomic E-state index is -3.83. The molecule has 1 aliphatic heterocycles. The maximum absolute atomic E-state index is 13.7. The molecular weight excluding hydrogens is 618 g/mol. The third kappa shape index (κ3) is 6.76. The van der Waals surface area contributed by atoms with Crippen LogP contribution in [-0.2, 0) is 24.1 Å². The summed E-state index contributed by atoms with van der Waals surface area (Å²) in [6.45, 7) is 5.21. The van der Waals surface area contributed by atoms with Crippen molar-refractivity contribution in [3.63, 3.8) is 0 Å². The van der Waals surface area contributed by atoms with Crippen molar-refractivity contribution < 1.29 is 13.2 Å². The van der Waals surface area contributed by atoms with Gasteiger partial charge in [0.15, 0.2) is 5.69 Å². The molecule has 0 aliphatic carbocycles. The Hall–Kier alpha value is -4.17. The highest BCUT2D eigenvalue weighted by molar-refractivity contribution is 7.89. The van der Waals surface area contributed by atoms with Gasteiger partial charge in [-0.05, 0) is 50.5 Å². The van der Waals surface area contributed by atoms with Crippen LogP contribution in [-0.4, -0.2) is 72.1 Å². The van der Waals surface area contributed by atoms with Crippen molar-refractivity contribution in [2.75, 3.05) is 48.6 Å². The Labute approximate surface area is 267 Å². The molecule has 3 aromatic heterocycles. The molecule has 1 atom stereocenters. The quantitative estimate of drug-likeness (QED) is 0.271. The highest BCUT2D eigenvalue weighted by Crippen LogP contribution is 2.35. The van der Waals surface area contributed by atoms with Crippen LogP contribution in [0, 0.1) is 6.92 Å². The first-order chi connectivity index (χ1) is 21.1. The van der Waals surface area contributed by atoms with Crippen LogP contribution in [0.3, 0.4) is 0 Å². The lowest BCUT2D eigenvalue weighted by Crippen LogP contribution is -2.38. The van der Waals surface area contributed by atoms with Crippen LogP contribution in [0.25, 0.3) is 10.9 Å². The maximum Gasteiger partial charge on any atom is 0.285 e. The fourth-order valence-corrected chi connectivity index (χ4v) is 6.47. The second-order valence-electron chi connectivity index (χ2n) is 11.9. The Kier molecular flexibility index (Phi) is 8.82. The molecule has 45 heavy (non-hydrogen) atoms. The highest BCUT2D eigenvalue weighted by atomic mass is 35.5. The molecule has 1 aliphatic rings. The molecule has 2 N–H and O–H groups in total. The van der Waals surface area contributed by atoms with E-state index in [0.717, 1.165) is 41.6 Å². The molecule has 4 aromatic rings. The number of rotatable bonds is 8. The van der Waals surface area contributed by atoms with Gasteiger partial charge in [-0.1, -0.05) is 17.7 Å². The summed E-state index contributed by atoms with van der Waals surface area (Å²) in [6.07, 6.45) is 4.66. The van der Waals surface area contributed by atoms with Crippen molar-refractivity contribution >= 4 is 55.8 Å². The van der Waals surface area contributed by atoms with Crippen molar-refractivity contribution in [1.82, 2.24) is 29.0 Å². The van der Waals surface area contributed by atoms with Gasteiger partial charge in [0.2, 0.25) is 16.0 Å². The number of carbonyl (C=O) groups is 1. The lowest BCUT2D eigenvalue weighted by Gasteiger charge is -2.33. The Balaban J connectivity index is 1.48. The van der Waals surface area contributed by atoms with Gasteiger partial charge in [0.05, 0.1) is 40.3 Å². The smallest absolute Gasteiger partial charge is 0.285 e. The minimum Gasteiger partial charge on any atom is -0.377 e. The van der Waals surface area contributed by atoms with E-state index >= 15 is 0 Å². The van der Waals surface area contributed by atoms with Crippen LogP contribution in [0.1, 0.15) is 59.0 Å². The van der Waals surface area contributed by atoms with Crippen LogP contribution < -0.4 is 25.4 Å². The molecule has 1 amide bonds. The number of pyridine rings is 1. The van der Waals surface area contributed by atoms with Gasteiger partial charge in [-0.25, -0.2) is 23.1 Å². The number of benzene rings is 1. The van der Waals surface area contributed by atoms with Crippen LogP contribution in [0.2, 0.25) is 5.15 Å². The molecule has 1 aromatic carbocycles. The molecule has 240 valence electrons. The van der Waals surface area contributed by atoms with Crippen molar-refractivity contribution in [2.45, 2.75) is 38.6 Å². The summed E-state index contributed by atoms with van der Waals surface area (Å²) in [6, 6.07) is 6.39. The zero-order valence-corrected chi connectivity index (χ0v) is 28.0. The normalized spacial score (nSPS) is 14.9. The van der Waals surface area contributed by atoms with Crippen LogP contribution in [0.15, 0.2) is 35.3 Å². The van der Waals surface area contributed by atoms with Gasteiger partial charge in [-0.3, -0.25) is 18.8 Å². The van der Waals surface area contributed by atoms with Crippen molar-refractivity contribution in [3.8, 4) is 0 Å². The number of fused-ring (bicyclic) bond motifs is 1. The second kappa shape index (κ2) is 12.3. The van der Waals surface area contributed by atoms with Gasteiger partial charge < -0.3 is 15.1 Å². The fourth-order valence-electron chi connectivity index (χ4n) is 5.89. The summed E-state index contributed by atoms with van der Waals surface area (Å²) in [5, 5.41) is 8.53. The van der Waals surface area contributed by atoms with E-state index in [1.165, 1.54) is 6.07 Å². The summed E-state index contributed by atoms with van der Waals surface area (Å²) >= 11 is 6.05. The third-order valence-electron chi connectivity index (χ3n) is 8.01. The number of nitrogens with one attached hydrogen (secondary N) is 2. The molecule has 1 fully saturated rings. The maximum atomic E-state index is 13.7. The molecule has 15 heteroatoms. The van der Waals surface area contributed by atoms with Gasteiger partial charge in [-0.2, -0.15) is 5.10 Å². The summed E-state index contributed by atoms with van der Waals surface area (Å²) in [7, 11) is 3.89. The largest absolute Gasteiger partial charge is 0.377 e. The molecule has 0 saturated carbocycles. The van der Waals surface area contributed by atoms with Gasteiger partial charge in [0, 0.05) is 59.0 Å². The summed E-state index contributed by atoms with van der Waals surface area (Å²) in [5.41, 5.74) is 4.31. The lowest BCUT2D eigenvalue weighted by atomic mass is 9.93. The number of hydrogen-bond donors (Lipinski definition) is 2. The first-order valence-corrected chi connectivity index (χ1v) is 16.8. The molecule has 0 spiro atoms. The highest BCUT2D eigenvalue weighted by Gasteiger charge is 2.28. The number of piperidine rings is 1. The molecule has 0 unspecified atom stereocenters. The first-order valence-electron chi connectivity index (χ1n) is 14.5. The Morgan fingerprint density at radius 1 is 1.13 bits per heavy atom. The van der Waals surface area contributed by atoms with E-state index in [1.807, 2.05) is 62.7 Å². The standard InChI is InChI=1S/C30H38ClN9O4S/c1-17-14-20(18(2)32-22-8-9-24(31)33-27(22)28(41)36-45(7,43)44)26-21(15-17)29(42)39(6)30(34-26)40-12-10-19(11-13-40)25-23(37(3)4)16-38(5)35-25/h8-9,14-16,18-19,32H,10-13H2,1-7H3,(H,36,41)/t18-/m1/s1. The van der Waals surface area contributed by atoms with Crippen LogP contribution in [0.4, 0.5) is 17.3 Å². The number of aryl methyl sites for hydroxylation is 2.